The molecule has 0 saturated carbocycles. The van der Waals surface area contributed by atoms with Crippen molar-refractivity contribution in [1.82, 2.24) is 15.8 Å². The second kappa shape index (κ2) is 6.23. The van der Waals surface area contributed by atoms with E-state index >= 15 is 0 Å². The highest BCUT2D eigenvalue weighted by molar-refractivity contribution is 5.97. The number of H-pyrrole nitrogens is 1. The monoisotopic (exact) mass is 325 g/mol. The number of rotatable bonds is 3. The molecule has 0 fully saturated rings. The second-order valence-electron chi connectivity index (χ2n) is 5.78. The van der Waals surface area contributed by atoms with Crippen molar-refractivity contribution in [3.05, 3.63) is 58.7 Å². The van der Waals surface area contributed by atoms with Gasteiger partial charge in [0.25, 0.3) is 5.91 Å². The van der Waals surface area contributed by atoms with Crippen LogP contribution in [-0.4, -0.2) is 16.8 Å². The Morgan fingerprint density at radius 2 is 1.88 bits per heavy atom. The fourth-order valence-electron chi connectivity index (χ4n) is 2.82. The summed E-state index contributed by atoms with van der Waals surface area (Å²) in [7, 11) is 0. The second-order valence-corrected chi connectivity index (χ2v) is 5.78. The lowest BCUT2D eigenvalue weighted by Gasteiger charge is -2.07. The highest BCUT2D eigenvalue weighted by atomic mass is 16.3. The minimum atomic E-state index is -0.395. The molecule has 6 nitrogen and oxygen atoms in total. The molecule has 0 radical (unpaired) electrons. The highest BCUT2D eigenvalue weighted by Crippen LogP contribution is 2.22. The highest BCUT2D eigenvalue weighted by Gasteiger charge is 2.16. The van der Waals surface area contributed by atoms with Gasteiger partial charge in [0.15, 0.2) is 0 Å². The van der Waals surface area contributed by atoms with Gasteiger partial charge in [0.05, 0.1) is 12.0 Å². The maximum atomic E-state index is 12.2. The number of carbonyl (C=O) groups is 2. The predicted octanol–water partition coefficient (Wildman–Crippen LogP) is 2.69. The van der Waals surface area contributed by atoms with Crippen LogP contribution in [0.15, 0.2) is 34.7 Å². The molecule has 2 aromatic heterocycles. The van der Waals surface area contributed by atoms with Gasteiger partial charge < -0.3 is 9.40 Å². The number of aryl methyl sites for hydroxylation is 3. The summed E-state index contributed by atoms with van der Waals surface area (Å²) in [4.78, 5) is 27.5. The van der Waals surface area contributed by atoms with Gasteiger partial charge in [-0.05, 0) is 38.5 Å². The van der Waals surface area contributed by atoms with Crippen molar-refractivity contribution in [2.45, 2.75) is 27.2 Å². The van der Waals surface area contributed by atoms with Gasteiger partial charge in [0.1, 0.15) is 11.5 Å². The van der Waals surface area contributed by atoms with E-state index in [2.05, 4.69) is 15.8 Å². The van der Waals surface area contributed by atoms with E-state index in [1.807, 2.05) is 31.2 Å². The molecule has 0 aliphatic rings. The van der Waals surface area contributed by atoms with Crippen LogP contribution < -0.4 is 10.9 Å². The summed E-state index contributed by atoms with van der Waals surface area (Å²) in [5.74, 6) is 0.493. The van der Waals surface area contributed by atoms with E-state index < -0.39 is 5.91 Å². The van der Waals surface area contributed by atoms with Gasteiger partial charge in [-0.25, -0.2) is 0 Å². The van der Waals surface area contributed by atoms with Gasteiger partial charge in [-0.2, -0.15) is 0 Å². The molecule has 2 heterocycles. The Labute approximate surface area is 139 Å². The maximum absolute atomic E-state index is 12.2. The third-order valence-electron chi connectivity index (χ3n) is 3.97. The topological polar surface area (TPSA) is 87.1 Å². The fraction of sp³-hybridized carbons (Fsp3) is 0.222. The largest absolute Gasteiger partial charge is 0.466 e. The molecule has 0 atom stereocenters. The maximum Gasteiger partial charge on any atom is 0.273 e. The van der Waals surface area contributed by atoms with Gasteiger partial charge in [0.2, 0.25) is 5.91 Å². The lowest BCUT2D eigenvalue weighted by molar-refractivity contribution is -0.121. The minimum absolute atomic E-state index is 0.180. The normalized spacial score (nSPS) is 10.8. The number of benzene rings is 1. The molecule has 6 heteroatoms. The van der Waals surface area contributed by atoms with Gasteiger partial charge >= 0.3 is 0 Å². The fourth-order valence-corrected chi connectivity index (χ4v) is 2.82. The number of nitrogens with one attached hydrogen (secondary N) is 3. The summed E-state index contributed by atoms with van der Waals surface area (Å²) in [5.41, 5.74) is 8.15. The van der Waals surface area contributed by atoms with E-state index in [1.165, 1.54) is 0 Å². The third-order valence-corrected chi connectivity index (χ3v) is 3.97. The van der Waals surface area contributed by atoms with Gasteiger partial charge in [-0.15, -0.1) is 0 Å². The van der Waals surface area contributed by atoms with Crippen LogP contribution in [0.3, 0.4) is 0 Å². The summed E-state index contributed by atoms with van der Waals surface area (Å²) in [5, 5.41) is 1.01. The molecule has 2 amide bonds. The number of para-hydroxylation sites is 1. The number of hydrogen-bond donors (Lipinski definition) is 3. The molecule has 1 aromatic carbocycles. The number of hydrazine groups is 1. The van der Waals surface area contributed by atoms with Crippen LogP contribution in [0.5, 0.6) is 0 Å². The number of furan rings is 1. The molecular weight excluding hydrogens is 306 g/mol. The molecule has 3 aromatic rings. The van der Waals surface area contributed by atoms with E-state index in [-0.39, 0.29) is 12.3 Å². The van der Waals surface area contributed by atoms with Crippen LogP contribution in [0.4, 0.5) is 0 Å². The summed E-state index contributed by atoms with van der Waals surface area (Å²) >= 11 is 0. The number of carbonyl (C=O) groups excluding carboxylic acids is 2. The third kappa shape index (κ3) is 3.03. The van der Waals surface area contributed by atoms with Crippen LogP contribution >= 0.6 is 0 Å². The summed E-state index contributed by atoms with van der Waals surface area (Å²) in [6, 6.07) is 9.45. The Bertz CT molecular complexity index is 921. The van der Waals surface area contributed by atoms with Crippen molar-refractivity contribution < 1.29 is 14.0 Å². The molecule has 0 spiro atoms. The lowest BCUT2D eigenvalue weighted by Crippen LogP contribution is -2.42. The van der Waals surface area contributed by atoms with Gasteiger partial charge in [-0.1, -0.05) is 18.2 Å². The average molecular weight is 325 g/mol. The van der Waals surface area contributed by atoms with Gasteiger partial charge in [0, 0.05) is 16.6 Å². The predicted molar refractivity (Wildman–Crippen MR) is 90.5 cm³/mol. The molecule has 0 saturated heterocycles. The van der Waals surface area contributed by atoms with Crippen LogP contribution in [0, 0.1) is 20.8 Å². The average Bonchev–Trinajstić information content (AvgIpc) is 3.04. The Kier molecular flexibility index (Phi) is 4.12. The van der Waals surface area contributed by atoms with Crippen LogP contribution in [0.25, 0.3) is 10.9 Å². The number of aromatic nitrogens is 1. The SMILES string of the molecule is Cc1cc(C(=O)NNC(=O)Cc2c(C)[nH]c3ccccc23)c(C)o1. The zero-order valence-corrected chi connectivity index (χ0v) is 13.8. The minimum Gasteiger partial charge on any atom is -0.466 e. The van der Waals surface area contributed by atoms with Crippen LogP contribution in [0.1, 0.15) is 33.1 Å². The Morgan fingerprint density at radius 3 is 2.58 bits per heavy atom. The van der Waals surface area contributed by atoms with Crippen molar-refractivity contribution in [1.29, 1.82) is 0 Å². The first-order valence-electron chi connectivity index (χ1n) is 7.68. The molecule has 0 unspecified atom stereocenters. The van der Waals surface area contributed by atoms with E-state index in [0.29, 0.717) is 17.1 Å². The van der Waals surface area contributed by atoms with Crippen LogP contribution in [-0.2, 0) is 11.2 Å². The van der Waals surface area contributed by atoms with E-state index in [4.69, 9.17) is 4.42 Å². The first kappa shape index (κ1) is 15.9. The van der Waals surface area contributed by atoms with Crippen molar-refractivity contribution in [2.75, 3.05) is 0 Å². The zero-order valence-electron chi connectivity index (χ0n) is 13.8. The first-order valence-corrected chi connectivity index (χ1v) is 7.68. The standard InChI is InChI=1S/C18H19N3O3/c1-10-8-15(12(3)24-10)18(23)21-20-17(22)9-14-11(2)19-16-7-5-4-6-13(14)16/h4-8,19H,9H2,1-3H3,(H,20,22)(H,21,23). The van der Waals surface area contributed by atoms with E-state index in [9.17, 15) is 9.59 Å². The smallest absolute Gasteiger partial charge is 0.273 e. The Hall–Kier alpha value is -3.02. The molecule has 24 heavy (non-hydrogen) atoms. The summed E-state index contributed by atoms with van der Waals surface area (Å²) in [6.45, 7) is 5.40. The molecule has 0 bridgehead atoms. The van der Waals surface area contributed by atoms with Crippen molar-refractivity contribution in [3.8, 4) is 0 Å². The molecule has 124 valence electrons. The van der Waals surface area contributed by atoms with E-state index in [1.54, 1.807) is 19.9 Å². The zero-order chi connectivity index (χ0) is 17.3. The van der Waals surface area contributed by atoms with E-state index in [0.717, 1.165) is 22.2 Å². The first-order chi connectivity index (χ1) is 11.5. The molecule has 3 rings (SSSR count). The number of amides is 2. The van der Waals surface area contributed by atoms with Gasteiger partial charge in [-0.3, -0.25) is 20.4 Å². The number of aromatic amines is 1. The molecule has 0 aliphatic carbocycles. The summed E-state index contributed by atoms with van der Waals surface area (Å²) in [6.07, 6.45) is 0.180. The number of hydrogen-bond acceptors (Lipinski definition) is 3. The summed E-state index contributed by atoms with van der Waals surface area (Å²) < 4.78 is 5.31. The molecular formula is C18H19N3O3. The van der Waals surface area contributed by atoms with Crippen molar-refractivity contribution in [2.24, 2.45) is 0 Å². The van der Waals surface area contributed by atoms with Crippen molar-refractivity contribution >= 4 is 22.7 Å². The molecule has 3 N–H and O–H groups in total. The van der Waals surface area contributed by atoms with Crippen LogP contribution in [0.2, 0.25) is 0 Å². The lowest BCUT2D eigenvalue weighted by atomic mass is 10.1. The van der Waals surface area contributed by atoms with Crippen molar-refractivity contribution in [3.63, 3.8) is 0 Å². The Balaban J connectivity index is 1.66. The molecule has 0 aliphatic heterocycles. The quantitative estimate of drug-likeness (QED) is 0.647. The number of fused-ring (bicyclic) bond motifs is 1. The Morgan fingerprint density at radius 1 is 1.12 bits per heavy atom.